The highest BCUT2D eigenvalue weighted by molar-refractivity contribution is 5.86. The van der Waals surface area contributed by atoms with E-state index in [0.717, 1.165) is 42.7 Å². The zero-order valence-corrected chi connectivity index (χ0v) is 17.9. The van der Waals surface area contributed by atoms with E-state index >= 15 is 0 Å². The Hall–Kier alpha value is -2.97. The lowest BCUT2D eigenvalue weighted by atomic mass is 10.1. The number of hydrogen-bond donors (Lipinski definition) is 2. The Morgan fingerprint density at radius 1 is 1.26 bits per heavy atom. The lowest BCUT2D eigenvalue weighted by molar-refractivity contribution is -0.130. The summed E-state index contributed by atoms with van der Waals surface area (Å²) in [5, 5.41) is 0.845. The van der Waals surface area contributed by atoms with Gasteiger partial charge in [0.15, 0.2) is 11.6 Å². The predicted octanol–water partition coefficient (Wildman–Crippen LogP) is 2.84. The number of pyridine rings is 1. The van der Waals surface area contributed by atoms with Crippen LogP contribution in [0.4, 0.5) is 4.39 Å². The number of nitrogens with two attached hydrogens (primary N) is 1. The fourth-order valence-corrected chi connectivity index (χ4v) is 4.09. The number of rotatable bonds is 6. The van der Waals surface area contributed by atoms with E-state index in [0.29, 0.717) is 24.4 Å². The van der Waals surface area contributed by atoms with Crippen LogP contribution in [0.15, 0.2) is 36.7 Å². The normalized spacial score (nSPS) is 15.9. The molecule has 0 aliphatic carbocycles. The van der Waals surface area contributed by atoms with Gasteiger partial charge in [-0.1, -0.05) is 6.07 Å². The molecule has 0 saturated carbocycles. The summed E-state index contributed by atoms with van der Waals surface area (Å²) in [5.74, 6) is 0.432. The highest BCUT2D eigenvalue weighted by Crippen LogP contribution is 2.32. The van der Waals surface area contributed by atoms with Crippen LogP contribution < -0.4 is 10.5 Å². The van der Waals surface area contributed by atoms with Gasteiger partial charge in [-0.2, -0.15) is 0 Å². The highest BCUT2D eigenvalue weighted by atomic mass is 19.1. The van der Waals surface area contributed by atoms with Crippen LogP contribution in [0.1, 0.15) is 18.1 Å². The minimum atomic E-state index is -0.419. The summed E-state index contributed by atoms with van der Waals surface area (Å²) < 4.78 is 20.6. The maximum atomic E-state index is 14.8. The van der Waals surface area contributed by atoms with Crippen molar-refractivity contribution in [2.45, 2.75) is 26.3 Å². The van der Waals surface area contributed by atoms with Gasteiger partial charge in [0, 0.05) is 58.1 Å². The molecule has 0 spiro atoms. The molecule has 8 heteroatoms. The van der Waals surface area contributed by atoms with E-state index in [-0.39, 0.29) is 17.7 Å². The van der Waals surface area contributed by atoms with Crippen LogP contribution in [0.25, 0.3) is 11.0 Å². The number of nitrogens with zero attached hydrogens (tertiary/aromatic N) is 3. The number of nitrogens with one attached hydrogen (secondary N) is 1. The minimum Gasteiger partial charge on any atom is -0.453 e. The maximum absolute atomic E-state index is 14.8. The second-order valence-corrected chi connectivity index (χ2v) is 8.14. The number of carbonyl (C=O) groups excluding carboxylic acids is 1. The third-order valence-corrected chi connectivity index (χ3v) is 5.76. The van der Waals surface area contributed by atoms with Crippen LogP contribution in [0.3, 0.4) is 0 Å². The molecule has 3 N–H and O–H groups in total. The minimum absolute atomic E-state index is 0.112. The number of piperazine rings is 1. The number of hydrogen-bond acceptors (Lipinski definition) is 5. The molecule has 1 aliphatic heterocycles. The standard InChI is InChI=1S/C23H28FN5O2/c1-15-13-27-23-22(15)21(5-6-26-23)31-20-4-3-17(12-19(20)24)11-18(25)14-28-7-9-29(10-8-28)16(2)30/h3-6,12-13,18H,7-11,14,25H2,1-2H3,(H,26,27). The van der Waals surface area contributed by atoms with Crippen molar-refractivity contribution in [3.05, 3.63) is 53.6 Å². The number of aromatic amines is 1. The first-order chi connectivity index (χ1) is 14.9. The predicted molar refractivity (Wildman–Crippen MR) is 118 cm³/mol. The van der Waals surface area contributed by atoms with E-state index in [1.165, 1.54) is 6.07 Å². The molecule has 4 rings (SSSR count). The molecular formula is C23H28FN5O2. The van der Waals surface area contributed by atoms with Gasteiger partial charge in [0.1, 0.15) is 11.4 Å². The van der Waals surface area contributed by atoms with Crippen molar-refractivity contribution in [1.29, 1.82) is 0 Å². The van der Waals surface area contributed by atoms with Crippen molar-refractivity contribution in [3.63, 3.8) is 0 Å². The van der Waals surface area contributed by atoms with Gasteiger partial charge in [-0.3, -0.25) is 9.69 Å². The average molecular weight is 426 g/mol. The van der Waals surface area contributed by atoms with Crippen molar-refractivity contribution in [2.75, 3.05) is 32.7 Å². The first-order valence-corrected chi connectivity index (χ1v) is 10.5. The summed E-state index contributed by atoms with van der Waals surface area (Å²) in [6.07, 6.45) is 4.06. The molecule has 1 unspecified atom stereocenters. The van der Waals surface area contributed by atoms with Crippen LogP contribution in [0, 0.1) is 12.7 Å². The van der Waals surface area contributed by atoms with Crippen LogP contribution in [0.2, 0.25) is 0 Å². The molecular weight excluding hydrogens is 397 g/mol. The maximum Gasteiger partial charge on any atom is 0.219 e. The number of halogens is 1. The van der Waals surface area contributed by atoms with Crippen molar-refractivity contribution in [1.82, 2.24) is 19.8 Å². The Morgan fingerprint density at radius 2 is 2.03 bits per heavy atom. The molecule has 1 saturated heterocycles. The van der Waals surface area contributed by atoms with Crippen LogP contribution in [0.5, 0.6) is 11.5 Å². The topological polar surface area (TPSA) is 87.5 Å². The van der Waals surface area contributed by atoms with Gasteiger partial charge in [0.25, 0.3) is 0 Å². The van der Waals surface area contributed by atoms with E-state index in [1.807, 2.05) is 24.1 Å². The number of H-pyrrole nitrogens is 1. The summed E-state index contributed by atoms with van der Waals surface area (Å²) >= 11 is 0. The van der Waals surface area contributed by atoms with Gasteiger partial charge in [0.05, 0.1) is 5.39 Å². The number of amides is 1. The molecule has 1 atom stereocenters. The van der Waals surface area contributed by atoms with Gasteiger partial charge < -0.3 is 20.4 Å². The molecule has 164 valence electrons. The molecule has 0 radical (unpaired) electrons. The Balaban J connectivity index is 1.37. The van der Waals surface area contributed by atoms with Crippen molar-refractivity contribution < 1.29 is 13.9 Å². The Kier molecular flexibility index (Phi) is 6.20. The fourth-order valence-electron chi connectivity index (χ4n) is 4.09. The summed E-state index contributed by atoms with van der Waals surface area (Å²) in [6, 6.07) is 6.62. The first-order valence-electron chi connectivity index (χ1n) is 10.5. The van der Waals surface area contributed by atoms with Gasteiger partial charge >= 0.3 is 0 Å². The number of aryl methyl sites for hydroxylation is 1. The molecule has 31 heavy (non-hydrogen) atoms. The van der Waals surface area contributed by atoms with Crippen LogP contribution >= 0.6 is 0 Å². The van der Waals surface area contributed by atoms with E-state index in [2.05, 4.69) is 14.9 Å². The summed E-state index contributed by atoms with van der Waals surface area (Å²) in [4.78, 5) is 22.9. The SMILES string of the molecule is CC(=O)N1CCN(CC(N)Cc2ccc(Oc3ccnc4[nH]cc(C)c34)c(F)c2)CC1. The molecule has 1 amide bonds. The smallest absolute Gasteiger partial charge is 0.219 e. The van der Waals surface area contributed by atoms with E-state index < -0.39 is 5.82 Å². The molecule has 1 fully saturated rings. The summed E-state index contributed by atoms with van der Waals surface area (Å²) in [5.41, 5.74) is 8.86. The molecule has 0 bridgehead atoms. The van der Waals surface area contributed by atoms with Crippen molar-refractivity contribution >= 4 is 16.9 Å². The lowest BCUT2D eigenvalue weighted by Gasteiger charge is -2.35. The highest BCUT2D eigenvalue weighted by Gasteiger charge is 2.20. The van der Waals surface area contributed by atoms with Gasteiger partial charge in [-0.05, 0) is 42.7 Å². The number of aromatic nitrogens is 2. The number of benzene rings is 1. The zero-order chi connectivity index (χ0) is 22.0. The first kappa shape index (κ1) is 21.3. The average Bonchev–Trinajstić information content (AvgIpc) is 3.12. The van der Waals surface area contributed by atoms with E-state index in [1.54, 1.807) is 25.3 Å². The Morgan fingerprint density at radius 3 is 2.74 bits per heavy atom. The van der Waals surface area contributed by atoms with Crippen LogP contribution in [-0.4, -0.2) is 64.4 Å². The van der Waals surface area contributed by atoms with E-state index in [4.69, 9.17) is 10.5 Å². The number of ether oxygens (including phenoxy) is 1. The molecule has 1 aliphatic rings. The second kappa shape index (κ2) is 9.03. The molecule has 3 aromatic rings. The number of carbonyl (C=O) groups is 1. The molecule has 7 nitrogen and oxygen atoms in total. The molecule has 3 heterocycles. The van der Waals surface area contributed by atoms with Gasteiger partial charge in [-0.15, -0.1) is 0 Å². The Bertz CT molecular complexity index is 1080. The summed E-state index contributed by atoms with van der Waals surface area (Å²) in [7, 11) is 0. The van der Waals surface area contributed by atoms with Crippen LogP contribution in [-0.2, 0) is 11.2 Å². The van der Waals surface area contributed by atoms with Gasteiger partial charge in [-0.25, -0.2) is 9.37 Å². The van der Waals surface area contributed by atoms with Crippen molar-refractivity contribution in [2.24, 2.45) is 5.73 Å². The zero-order valence-electron chi connectivity index (χ0n) is 17.9. The van der Waals surface area contributed by atoms with E-state index in [9.17, 15) is 9.18 Å². The van der Waals surface area contributed by atoms with Gasteiger partial charge in [0.2, 0.25) is 5.91 Å². The molecule has 2 aromatic heterocycles. The summed E-state index contributed by atoms with van der Waals surface area (Å²) in [6.45, 7) is 7.35. The quantitative estimate of drug-likeness (QED) is 0.634. The van der Waals surface area contributed by atoms with Crippen molar-refractivity contribution in [3.8, 4) is 11.5 Å². The monoisotopic (exact) mass is 425 g/mol. The lowest BCUT2D eigenvalue weighted by Crippen LogP contribution is -2.51. The largest absolute Gasteiger partial charge is 0.453 e. The molecule has 1 aromatic carbocycles. The fraction of sp³-hybridized carbons (Fsp3) is 0.391. The third kappa shape index (κ3) is 4.86. The second-order valence-electron chi connectivity index (χ2n) is 8.14. The number of fused-ring (bicyclic) bond motifs is 1. The third-order valence-electron chi connectivity index (χ3n) is 5.76. The Labute approximate surface area is 181 Å².